The zero-order chi connectivity index (χ0) is 8.15. The van der Waals surface area contributed by atoms with Gasteiger partial charge in [0.05, 0.1) is 6.42 Å². The van der Waals surface area contributed by atoms with Crippen LogP contribution in [0, 0.1) is 4.91 Å². The summed E-state index contributed by atoms with van der Waals surface area (Å²) in [5.41, 5.74) is 0. The first-order chi connectivity index (χ1) is 4.57. The van der Waals surface area contributed by atoms with Crippen molar-refractivity contribution < 1.29 is 14.7 Å². The van der Waals surface area contributed by atoms with Gasteiger partial charge in [-0.15, -0.1) is 0 Å². The van der Waals surface area contributed by atoms with Crippen LogP contribution >= 0.6 is 0 Å². The summed E-state index contributed by atoms with van der Waals surface area (Å²) >= 11 is 0. The maximum Gasteiger partial charge on any atom is 0.306 e. The molecule has 5 heteroatoms. The number of aliphatic carboxylic acids is 1. The molecule has 0 fully saturated rings. The van der Waals surface area contributed by atoms with Gasteiger partial charge in [-0.1, -0.05) is 5.18 Å². The van der Waals surface area contributed by atoms with E-state index in [9.17, 15) is 14.5 Å². The lowest BCUT2D eigenvalue weighted by Crippen LogP contribution is -2.18. The van der Waals surface area contributed by atoms with E-state index in [0.717, 1.165) is 6.92 Å². The molecule has 0 unspecified atom stereocenters. The van der Waals surface area contributed by atoms with E-state index in [1.165, 1.54) is 0 Å². The molecule has 0 aliphatic rings. The third-order valence-corrected chi connectivity index (χ3v) is 0.964. The number of nitrogens with zero attached hydrogens (tertiary/aromatic N) is 1. The first-order valence-electron chi connectivity index (χ1n) is 2.62. The number of carbonyl (C=O) groups is 2. The molecule has 1 N–H and O–H groups in total. The van der Waals surface area contributed by atoms with E-state index in [4.69, 9.17) is 5.11 Å². The van der Waals surface area contributed by atoms with Crippen molar-refractivity contribution in [1.82, 2.24) is 0 Å². The van der Waals surface area contributed by atoms with E-state index < -0.39 is 24.2 Å². The number of carboxylic acids is 1. The second-order valence-electron chi connectivity index (χ2n) is 1.83. The van der Waals surface area contributed by atoms with Crippen LogP contribution in [-0.4, -0.2) is 22.9 Å². The lowest BCUT2D eigenvalue weighted by Gasteiger charge is -1.97. The Bertz CT molecular complexity index is 165. The normalized spacial score (nSPS) is 12.1. The summed E-state index contributed by atoms with van der Waals surface area (Å²) < 4.78 is 0. The highest BCUT2D eigenvalue weighted by molar-refractivity contribution is 5.85. The van der Waals surface area contributed by atoms with E-state index in [2.05, 4.69) is 5.18 Å². The highest BCUT2D eigenvalue weighted by Crippen LogP contribution is 1.98. The van der Waals surface area contributed by atoms with Crippen molar-refractivity contribution >= 4 is 11.8 Å². The van der Waals surface area contributed by atoms with Gasteiger partial charge >= 0.3 is 5.97 Å². The zero-order valence-electron chi connectivity index (χ0n) is 5.40. The van der Waals surface area contributed by atoms with Crippen molar-refractivity contribution in [3.8, 4) is 0 Å². The number of carboxylic acid groups (broad SMARTS) is 1. The number of ketones is 1. The Labute approximate surface area is 57.0 Å². The van der Waals surface area contributed by atoms with Crippen molar-refractivity contribution in [2.75, 3.05) is 0 Å². The fraction of sp³-hybridized carbons (Fsp3) is 0.600. The van der Waals surface area contributed by atoms with Gasteiger partial charge in [0.1, 0.15) is 0 Å². The minimum atomic E-state index is -1.22. The molecule has 0 aromatic carbocycles. The van der Waals surface area contributed by atoms with Gasteiger partial charge in [-0.25, -0.2) is 0 Å². The van der Waals surface area contributed by atoms with Crippen LogP contribution in [0.1, 0.15) is 13.3 Å². The molecule has 0 amide bonds. The van der Waals surface area contributed by atoms with E-state index in [0.29, 0.717) is 0 Å². The molecular formula is C5H7NO4. The molecule has 0 saturated heterocycles. The number of rotatable bonds is 4. The molecule has 0 aromatic rings. The Morgan fingerprint density at radius 3 is 2.20 bits per heavy atom. The summed E-state index contributed by atoms with van der Waals surface area (Å²) in [6.07, 6.45) is -0.515. The van der Waals surface area contributed by atoms with E-state index in [-0.39, 0.29) is 0 Å². The van der Waals surface area contributed by atoms with Gasteiger partial charge < -0.3 is 5.11 Å². The first-order valence-corrected chi connectivity index (χ1v) is 2.62. The van der Waals surface area contributed by atoms with Crippen LogP contribution in [0.3, 0.4) is 0 Å². The lowest BCUT2D eigenvalue weighted by atomic mass is 10.1. The molecule has 0 aromatic heterocycles. The predicted molar refractivity (Wildman–Crippen MR) is 32.5 cm³/mol. The highest BCUT2D eigenvalue weighted by atomic mass is 16.4. The third-order valence-electron chi connectivity index (χ3n) is 0.964. The molecular weight excluding hydrogens is 138 g/mol. The van der Waals surface area contributed by atoms with Crippen molar-refractivity contribution in [3.05, 3.63) is 4.91 Å². The second-order valence-corrected chi connectivity index (χ2v) is 1.83. The van der Waals surface area contributed by atoms with Gasteiger partial charge in [0.25, 0.3) is 0 Å². The number of carbonyl (C=O) groups excluding carboxylic acids is 1. The number of hydrogen-bond acceptors (Lipinski definition) is 4. The Morgan fingerprint density at radius 2 is 2.10 bits per heavy atom. The van der Waals surface area contributed by atoms with E-state index in [1.807, 2.05) is 0 Å². The maximum atomic E-state index is 10.4. The number of hydrogen-bond donors (Lipinski definition) is 1. The molecule has 0 radical (unpaired) electrons. The zero-order valence-corrected chi connectivity index (χ0v) is 5.40. The Balaban J connectivity index is 3.96. The number of nitroso groups, excluding NO2 is 1. The molecule has 0 aliphatic heterocycles. The smallest absolute Gasteiger partial charge is 0.306 e. The molecule has 0 aliphatic carbocycles. The largest absolute Gasteiger partial charge is 0.481 e. The minimum absolute atomic E-state index is 0.515. The maximum absolute atomic E-state index is 10.4. The van der Waals surface area contributed by atoms with Gasteiger partial charge in [-0.05, 0) is 6.92 Å². The molecule has 0 saturated carbocycles. The van der Waals surface area contributed by atoms with Crippen molar-refractivity contribution in [3.63, 3.8) is 0 Å². The molecule has 56 valence electrons. The van der Waals surface area contributed by atoms with Gasteiger partial charge in [-0.2, -0.15) is 4.91 Å². The standard InChI is InChI=1S/C5H7NO4/c1-3(7)4(6-10)2-5(8)9/h4H,2H2,1H3,(H,8,9)/t4-/m1/s1. The molecule has 10 heavy (non-hydrogen) atoms. The third kappa shape index (κ3) is 2.91. The van der Waals surface area contributed by atoms with Crippen LogP contribution in [-0.2, 0) is 9.59 Å². The SMILES string of the molecule is CC(=O)[C@@H](CC(=O)O)N=O. The fourth-order valence-electron chi connectivity index (χ4n) is 0.421. The van der Waals surface area contributed by atoms with Crippen LogP contribution in [0.5, 0.6) is 0 Å². The quantitative estimate of drug-likeness (QED) is 0.572. The molecule has 5 nitrogen and oxygen atoms in total. The van der Waals surface area contributed by atoms with Gasteiger partial charge in [-0.3, -0.25) is 9.59 Å². The van der Waals surface area contributed by atoms with Crippen LogP contribution in [0.2, 0.25) is 0 Å². The summed E-state index contributed by atoms with van der Waals surface area (Å²) in [4.78, 5) is 30.0. The summed E-state index contributed by atoms with van der Waals surface area (Å²) in [6.45, 7) is 1.13. The van der Waals surface area contributed by atoms with Crippen LogP contribution in [0.25, 0.3) is 0 Å². The molecule has 0 bridgehead atoms. The lowest BCUT2D eigenvalue weighted by molar-refractivity contribution is -0.138. The van der Waals surface area contributed by atoms with Crippen LogP contribution in [0.4, 0.5) is 0 Å². The van der Waals surface area contributed by atoms with Gasteiger partial charge in [0, 0.05) is 0 Å². The second kappa shape index (κ2) is 3.71. The van der Waals surface area contributed by atoms with Crippen molar-refractivity contribution in [2.45, 2.75) is 19.4 Å². The summed E-state index contributed by atoms with van der Waals surface area (Å²) in [5, 5.41) is 10.5. The minimum Gasteiger partial charge on any atom is -0.481 e. The summed E-state index contributed by atoms with van der Waals surface area (Å²) in [7, 11) is 0. The van der Waals surface area contributed by atoms with Crippen molar-refractivity contribution in [1.29, 1.82) is 0 Å². The molecule has 0 spiro atoms. The van der Waals surface area contributed by atoms with Crippen molar-refractivity contribution in [2.24, 2.45) is 5.18 Å². The van der Waals surface area contributed by atoms with Crippen LogP contribution in [0.15, 0.2) is 5.18 Å². The highest BCUT2D eigenvalue weighted by Gasteiger charge is 2.17. The summed E-state index contributed by atoms with van der Waals surface area (Å²) in [6, 6.07) is -1.22. The first kappa shape index (κ1) is 8.74. The summed E-state index contributed by atoms with van der Waals surface area (Å²) in [5.74, 6) is -1.71. The molecule has 0 rings (SSSR count). The average molecular weight is 145 g/mol. The number of Topliss-reactive ketones (excluding diaryl/α,β-unsaturated/α-hetero) is 1. The Morgan fingerprint density at radius 1 is 1.60 bits per heavy atom. The monoisotopic (exact) mass is 145 g/mol. The Kier molecular flexibility index (Phi) is 3.24. The fourth-order valence-corrected chi connectivity index (χ4v) is 0.421. The van der Waals surface area contributed by atoms with E-state index in [1.54, 1.807) is 0 Å². The van der Waals surface area contributed by atoms with Gasteiger partial charge in [0.15, 0.2) is 11.8 Å². The topological polar surface area (TPSA) is 83.8 Å². The molecule has 0 heterocycles. The average Bonchev–Trinajstić information content (AvgIpc) is 1.81. The van der Waals surface area contributed by atoms with Gasteiger partial charge in [0.2, 0.25) is 0 Å². The Hall–Kier alpha value is -1.26. The van der Waals surface area contributed by atoms with E-state index >= 15 is 0 Å². The molecule has 1 atom stereocenters. The van der Waals surface area contributed by atoms with Crippen LogP contribution < -0.4 is 0 Å². The predicted octanol–water partition coefficient (Wildman–Crippen LogP) is 0.185.